The van der Waals surface area contributed by atoms with Gasteiger partial charge in [0.2, 0.25) is 0 Å². The number of hydrogen-bond donors (Lipinski definition) is 0. The maximum atomic E-state index is 6.21. The third-order valence-electron chi connectivity index (χ3n) is 2.59. The lowest BCUT2D eigenvalue weighted by Crippen LogP contribution is -2.00. The lowest BCUT2D eigenvalue weighted by atomic mass is 10.0. The van der Waals surface area contributed by atoms with E-state index in [1.165, 1.54) is 12.8 Å². The molecule has 1 aliphatic carbocycles. The predicted octanol–water partition coefficient (Wildman–Crippen LogP) is 3.18. The van der Waals surface area contributed by atoms with Crippen LogP contribution in [0.3, 0.4) is 0 Å². The van der Waals surface area contributed by atoms with Crippen molar-refractivity contribution in [1.29, 1.82) is 0 Å². The summed E-state index contributed by atoms with van der Waals surface area (Å²) in [4.78, 5) is 0. The molecule has 0 heterocycles. The summed E-state index contributed by atoms with van der Waals surface area (Å²) in [6, 6.07) is 3.65. The Kier molecular flexibility index (Phi) is 3.38. The fourth-order valence-corrected chi connectivity index (χ4v) is 2.07. The molecule has 0 amide bonds. The summed E-state index contributed by atoms with van der Waals surface area (Å²) in [6.45, 7) is 0.198. The van der Waals surface area contributed by atoms with Crippen molar-refractivity contribution >= 4 is 11.6 Å². The summed E-state index contributed by atoms with van der Waals surface area (Å²) >= 11 is 6.21. The molecule has 2 rings (SSSR count). The van der Waals surface area contributed by atoms with Crippen molar-refractivity contribution in [1.82, 2.24) is 0 Å². The minimum atomic E-state index is 0.198. The maximum absolute atomic E-state index is 6.21. The van der Waals surface area contributed by atoms with Crippen LogP contribution in [0.1, 0.15) is 29.9 Å². The Morgan fingerprint density at radius 2 is 2.25 bits per heavy atom. The molecule has 16 heavy (non-hydrogen) atoms. The second kappa shape index (κ2) is 4.78. The molecule has 0 aromatic heterocycles. The molecule has 1 aliphatic rings. The van der Waals surface area contributed by atoms with Gasteiger partial charge in [-0.3, -0.25) is 0 Å². The molecule has 0 radical (unpaired) electrons. The van der Waals surface area contributed by atoms with E-state index in [9.17, 15) is 0 Å². The Morgan fingerprint density at radius 1 is 1.50 bits per heavy atom. The highest BCUT2D eigenvalue weighted by atomic mass is 35.5. The SMILES string of the molecule is C#Cc1cc(OCOC)cc(Cl)c1C1CC1. The summed E-state index contributed by atoms with van der Waals surface area (Å²) in [7, 11) is 1.57. The van der Waals surface area contributed by atoms with Crippen molar-refractivity contribution in [2.24, 2.45) is 0 Å². The first-order valence-corrected chi connectivity index (χ1v) is 5.56. The lowest BCUT2D eigenvalue weighted by molar-refractivity contribution is 0.0511. The first-order valence-electron chi connectivity index (χ1n) is 5.18. The van der Waals surface area contributed by atoms with Crippen LogP contribution in [0, 0.1) is 12.3 Å². The van der Waals surface area contributed by atoms with Gasteiger partial charge in [0.1, 0.15) is 5.75 Å². The first-order chi connectivity index (χ1) is 7.76. The Bertz CT molecular complexity index is 430. The van der Waals surface area contributed by atoms with Crippen molar-refractivity contribution in [3.05, 3.63) is 28.3 Å². The van der Waals surface area contributed by atoms with Crippen LogP contribution in [0.5, 0.6) is 5.75 Å². The molecule has 0 atom stereocenters. The summed E-state index contributed by atoms with van der Waals surface area (Å²) < 4.78 is 10.2. The molecule has 84 valence electrons. The van der Waals surface area contributed by atoms with Crippen LogP contribution >= 0.6 is 11.6 Å². The average molecular weight is 237 g/mol. The van der Waals surface area contributed by atoms with Crippen molar-refractivity contribution < 1.29 is 9.47 Å². The summed E-state index contributed by atoms with van der Waals surface area (Å²) in [6.07, 6.45) is 7.83. The molecule has 0 aliphatic heterocycles. The van der Waals surface area contributed by atoms with Gasteiger partial charge in [-0.1, -0.05) is 17.5 Å². The van der Waals surface area contributed by atoms with Crippen LogP contribution in [0.4, 0.5) is 0 Å². The highest BCUT2D eigenvalue weighted by Gasteiger charge is 2.28. The molecule has 1 saturated carbocycles. The molecule has 1 fully saturated rings. The van der Waals surface area contributed by atoms with Crippen LogP contribution in [-0.2, 0) is 4.74 Å². The lowest BCUT2D eigenvalue weighted by Gasteiger charge is -2.10. The molecule has 1 aromatic carbocycles. The minimum Gasteiger partial charge on any atom is -0.467 e. The van der Waals surface area contributed by atoms with E-state index in [1.54, 1.807) is 13.2 Å². The molecule has 2 nitrogen and oxygen atoms in total. The van der Waals surface area contributed by atoms with E-state index in [-0.39, 0.29) is 6.79 Å². The number of ether oxygens (including phenoxy) is 2. The zero-order valence-electron chi connectivity index (χ0n) is 9.13. The molecular weight excluding hydrogens is 224 g/mol. The summed E-state index contributed by atoms with van der Waals surface area (Å²) in [5.41, 5.74) is 1.93. The van der Waals surface area contributed by atoms with E-state index >= 15 is 0 Å². The molecule has 3 heteroatoms. The van der Waals surface area contributed by atoms with Gasteiger partial charge in [0.05, 0.1) is 0 Å². The van der Waals surface area contributed by atoms with Crippen LogP contribution < -0.4 is 4.74 Å². The van der Waals surface area contributed by atoms with E-state index in [0.717, 1.165) is 11.1 Å². The fourth-order valence-electron chi connectivity index (χ4n) is 1.71. The Morgan fingerprint density at radius 3 is 2.81 bits per heavy atom. The van der Waals surface area contributed by atoms with E-state index in [0.29, 0.717) is 16.7 Å². The van der Waals surface area contributed by atoms with Gasteiger partial charge in [-0.05, 0) is 36.5 Å². The van der Waals surface area contributed by atoms with Gasteiger partial charge in [0.15, 0.2) is 6.79 Å². The van der Waals surface area contributed by atoms with E-state index < -0.39 is 0 Å². The molecular formula is C13H13ClO2. The quantitative estimate of drug-likeness (QED) is 0.591. The predicted molar refractivity (Wildman–Crippen MR) is 63.9 cm³/mol. The number of halogens is 1. The molecule has 0 saturated heterocycles. The molecule has 0 N–H and O–H groups in total. The number of benzene rings is 1. The Balaban J connectivity index is 2.31. The Hall–Kier alpha value is -1.17. The van der Waals surface area contributed by atoms with Gasteiger partial charge in [0.25, 0.3) is 0 Å². The van der Waals surface area contributed by atoms with Crippen LogP contribution in [0.2, 0.25) is 5.02 Å². The third-order valence-corrected chi connectivity index (χ3v) is 2.90. The van der Waals surface area contributed by atoms with Crippen molar-refractivity contribution in [3.63, 3.8) is 0 Å². The fraction of sp³-hybridized carbons (Fsp3) is 0.385. The topological polar surface area (TPSA) is 18.5 Å². The highest BCUT2D eigenvalue weighted by molar-refractivity contribution is 6.31. The van der Waals surface area contributed by atoms with Gasteiger partial charge >= 0.3 is 0 Å². The van der Waals surface area contributed by atoms with E-state index in [4.69, 9.17) is 27.5 Å². The maximum Gasteiger partial charge on any atom is 0.188 e. The molecule has 0 unspecified atom stereocenters. The molecule has 0 bridgehead atoms. The highest BCUT2D eigenvalue weighted by Crippen LogP contribution is 2.45. The van der Waals surface area contributed by atoms with Crippen LogP contribution in [-0.4, -0.2) is 13.9 Å². The van der Waals surface area contributed by atoms with Crippen LogP contribution in [0.25, 0.3) is 0 Å². The monoisotopic (exact) mass is 236 g/mol. The molecule has 0 spiro atoms. The van der Waals surface area contributed by atoms with Gasteiger partial charge < -0.3 is 9.47 Å². The second-order valence-corrected chi connectivity index (χ2v) is 4.24. The molecule has 1 aromatic rings. The normalized spacial score (nSPS) is 14.6. The van der Waals surface area contributed by atoms with Crippen molar-refractivity contribution in [3.8, 4) is 18.1 Å². The average Bonchev–Trinajstić information content (AvgIpc) is 3.09. The largest absolute Gasteiger partial charge is 0.467 e. The van der Waals surface area contributed by atoms with Gasteiger partial charge in [0, 0.05) is 17.7 Å². The first kappa shape index (κ1) is 11.3. The van der Waals surface area contributed by atoms with Gasteiger partial charge in [-0.25, -0.2) is 0 Å². The van der Waals surface area contributed by atoms with E-state index in [2.05, 4.69) is 5.92 Å². The van der Waals surface area contributed by atoms with E-state index in [1.807, 2.05) is 6.07 Å². The summed E-state index contributed by atoms with van der Waals surface area (Å²) in [5.74, 6) is 3.86. The van der Waals surface area contributed by atoms with Gasteiger partial charge in [-0.2, -0.15) is 0 Å². The third kappa shape index (κ3) is 2.32. The standard InChI is InChI=1S/C13H13ClO2/c1-3-9-6-11(16-8-15-2)7-12(14)13(9)10-4-5-10/h1,6-7,10H,4-5,8H2,2H3. The number of hydrogen-bond acceptors (Lipinski definition) is 2. The summed E-state index contributed by atoms with van der Waals surface area (Å²) in [5, 5.41) is 0.698. The number of terminal acetylenes is 1. The smallest absolute Gasteiger partial charge is 0.188 e. The van der Waals surface area contributed by atoms with Crippen molar-refractivity contribution in [2.75, 3.05) is 13.9 Å². The minimum absolute atomic E-state index is 0.198. The van der Waals surface area contributed by atoms with Crippen LogP contribution in [0.15, 0.2) is 12.1 Å². The zero-order chi connectivity index (χ0) is 11.5. The zero-order valence-corrected chi connectivity index (χ0v) is 9.88. The van der Waals surface area contributed by atoms with Crippen molar-refractivity contribution in [2.45, 2.75) is 18.8 Å². The number of rotatable bonds is 4. The number of methoxy groups -OCH3 is 1. The Labute approximate surface area is 101 Å². The second-order valence-electron chi connectivity index (χ2n) is 3.84. The van der Waals surface area contributed by atoms with Gasteiger partial charge in [-0.15, -0.1) is 6.42 Å².